The van der Waals surface area contributed by atoms with Gasteiger partial charge in [0.1, 0.15) is 11.8 Å². The van der Waals surface area contributed by atoms with Crippen LogP contribution in [-0.4, -0.2) is 30.4 Å². The Kier molecular flexibility index (Phi) is 7.21. The normalized spacial score (nSPS) is 11.5. The Morgan fingerprint density at radius 3 is 2.27 bits per heavy atom. The first kappa shape index (κ1) is 19.5. The van der Waals surface area contributed by atoms with Crippen LogP contribution in [0.4, 0.5) is 0 Å². The van der Waals surface area contributed by atoms with E-state index in [1.54, 1.807) is 12.0 Å². The summed E-state index contributed by atoms with van der Waals surface area (Å²) in [6.45, 7) is 4.42. The molecule has 26 heavy (non-hydrogen) atoms. The Morgan fingerprint density at radius 1 is 1.08 bits per heavy atom. The molecule has 0 aromatic heterocycles. The van der Waals surface area contributed by atoms with E-state index in [0.717, 1.165) is 23.3 Å². The maximum absolute atomic E-state index is 12.8. The van der Waals surface area contributed by atoms with E-state index in [2.05, 4.69) is 5.32 Å². The van der Waals surface area contributed by atoms with E-state index in [1.165, 1.54) is 6.92 Å². The van der Waals surface area contributed by atoms with Crippen molar-refractivity contribution in [1.29, 1.82) is 0 Å². The van der Waals surface area contributed by atoms with Crippen LogP contribution in [0.25, 0.3) is 0 Å². The van der Waals surface area contributed by atoms with E-state index in [0.29, 0.717) is 13.1 Å². The van der Waals surface area contributed by atoms with E-state index in [-0.39, 0.29) is 11.8 Å². The van der Waals surface area contributed by atoms with Gasteiger partial charge in [-0.05, 0) is 29.7 Å². The Morgan fingerprint density at radius 2 is 1.73 bits per heavy atom. The number of nitrogens with zero attached hydrogens (tertiary/aromatic N) is 1. The minimum atomic E-state index is -0.664. The fraction of sp³-hybridized carbons (Fsp3) is 0.333. The van der Waals surface area contributed by atoms with Crippen LogP contribution in [0, 0.1) is 0 Å². The molecule has 0 aliphatic carbocycles. The van der Waals surface area contributed by atoms with Crippen molar-refractivity contribution in [2.45, 2.75) is 32.9 Å². The van der Waals surface area contributed by atoms with Gasteiger partial charge >= 0.3 is 0 Å². The molecule has 1 atom stereocenters. The number of carbonyl (C=O) groups is 2. The molecule has 0 radical (unpaired) electrons. The zero-order chi connectivity index (χ0) is 18.9. The minimum absolute atomic E-state index is 0.152. The van der Waals surface area contributed by atoms with Crippen molar-refractivity contribution in [3.63, 3.8) is 0 Å². The zero-order valence-corrected chi connectivity index (χ0v) is 15.6. The summed E-state index contributed by atoms with van der Waals surface area (Å²) in [6, 6.07) is 16.2. The smallest absolute Gasteiger partial charge is 0.247 e. The molecular formula is C21H26N2O3. The standard InChI is InChI=1S/C21H26N2O3/c1-4-14-22-21(25)20(18-8-6-5-7-9-18)23(16(2)24)15-17-10-12-19(26-3)13-11-17/h5-13,20H,4,14-15H2,1-3H3,(H,22,25). The van der Waals surface area contributed by atoms with E-state index < -0.39 is 6.04 Å². The summed E-state index contributed by atoms with van der Waals surface area (Å²) in [4.78, 5) is 26.8. The Labute approximate surface area is 155 Å². The van der Waals surface area contributed by atoms with Crippen LogP contribution in [0.3, 0.4) is 0 Å². The molecule has 138 valence electrons. The number of nitrogens with one attached hydrogen (secondary N) is 1. The molecule has 0 spiro atoms. The molecule has 5 nitrogen and oxygen atoms in total. The first-order chi connectivity index (χ1) is 12.6. The maximum atomic E-state index is 12.8. The SMILES string of the molecule is CCCNC(=O)C(c1ccccc1)N(Cc1ccc(OC)cc1)C(C)=O. The lowest BCUT2D eigenvalue weighted by atomic mass is 10.0. The summed E-state index contributed by atoms with van der Waals surface area (Å²) in [5.74, 6) is 0.437. The number of benzene rings is 2. The summed E-state index contributed by atoms with van der Waals surface area (Å²) < 4.78 is 5.18. The van der Waals surface area contributed by atoms with Crippen LogP contribution >= 0.6 is 0 Å². The number of ether oxygens (including phenoxy) is 1. The molecule has 2 rings (SSSR count). The average molecular weight is 354 g/mol. The minimum Gasteiger partial charge on any atom is -0.497 e. The summed E-state index contributed by atoms with van der Waals surface area (Å²) in [5.41, 5.74) is 1.73. The van der Waals surface area contributed by atoms with Crippen molar-refractivity contribution in [2.24, 2.45) is 0 Å². The number of hydrogen-bond acceptors (Lipinski definition) is 3. The van der Waals surface area contributed by atoms with E-state index >= 15 is 0 Å². The Balaban J connectivity index is 2.32. The highest BCUT2D eigenvalue weighted by atomic mass is 16.5. The largest absolute Gasteiger partial charge is 0.497 e. The van der Waals surface area contributed by atoms with Gasteiger partial charge in [-0.2, -0.15) is 0 Å². The van der Waals surface area contributed by atoms with E-state index in [9.17, 15) is 9.59 Å². The summed E-state index contributed by atoms with van der Waals surface area (Å²) in [7, 11) is 1.61. The second kappa shape index (κ2) is 9.61. The molecule has 0 heterocycles. The molecule has 0 aliphatic heterocycles. The van der Waals surface area contributed by atoms with Crippen LogP contribution in [0.5, 0.6) is 5.75 Å². The first-order valence-electron chi connectivity index (χ1n) is 8.79. The number of methoxy groups -OCH3 is 1. The van der Waals surface area contributed by atoms with Gasteiger partial charge in [-0.3, -0.25) is 9.59 Å². The monoisotopic (exact) mass is 354 g/mol. The van der Waals surface area contributed by atoms with Crippen LogP contribution in [-0.2, 0) is 16.1 Å². The van der Waals surface area contributed by atoms with Crippen molar-refractivity contribution in [2.75, 3.05) is 13.7 Å². The Hall–Kier alpha value is -2.82. The van der Waals surface area contributed by atoms with Crippen molar-refractivity contribution >= 4 is 11.8 Å². The van der Waals surface area contributed by atoms with Crippen molar-refractivity contribution in [3.8, 4) is 5.75 Å². The molecule has 0 aliphatic rings. The summed E-state index contributed by atoms with van der Waals surface area (Å²) >= 11 is 0. The predicted molar refractivity (Wildman–Crippen MR) is 102 cm³/mol. The highest BCUT2D eigenvalue weighted by Crippen LogP contribution is 2.24. The van der Waals surface area contributed by atoms with Gasteiger partial charge < -0.3 is 15.0 Å². The van der Waals surface area contributed by atoms with Crippen LogP contribution in [0.15, 0.2) is 54.6 Å². The lowest BCUT2D eigenvalue weighted by molar-refractivity contribution is -0.140. The summed E-state index contributed by atoms with van der Waals surface area (Å²) in [5, 5.41) is 2.92. The molecule has 0 bridgehead atoms. The van der Waals surface area contributed by atoms with Crippen molar-refractivity contribution in [1.82, 2.24) is 10.2 Å². The second-order valence-electron chi connectivity index (χ2n) is 6.10. The van der Waals surface area contributed by atoms with Crippen LogP contribution < -0.4 is 10.1 Å². The van der Waals surface area contributed by atoms with Gasteiger partial charge in [-0.1, -0.05) is 49.4 Å². The van der Waals surface area contributed by atoms with Gasteiger partial charge in [-0.15, -0.1) is 0 Å². The molecule has 0 saturated heterocycles. The van der Waals surface area contributed by atoms with Gasteiger partial charge in [0.25, 0.3) is 0 Å². The van der Waals surface area contributed by atoms with Crippen LogP contribution in [0.2, 0.25) is 0 Å². The molecule has 5 heteroatoms. The first-order valence-corrected chi connectivity index (χ1v) is 8.79. The van der Waals surface area contributed by atoms with Crippen LogP contribution in [0.1, 0.15) is 37.4 Å². The van der Waals surface area contributed by atoms with E-state index in [4.69, 9.17) is 4.74 Å². The quantitative estimate of drug-likeness (QED) is 0.791. The highest BCUT2D eigenvalue weighted by molar-refractivity contribution is 5.88. The molecule has 1 unspecified atom stereocenters. The van der Waals surface area contributed by atoms with Gasteiger partial charge in [-0.25, -0.2) is 0 Å². The lowest BCUT2D eigenvalue weighted by Gasteiger charge is -2.30. The molecule has 2 aromatic rings. The van der Waals surface area contributed by atoms with E-state index in [1.807, 2.05) is 61.5 Å². The fourth-order valence-corrected chi connectivity index (χ4v) is 2.77. The lowest BCUT2D eigenvalue weighted by Crippen LogP contribution is -2.42. The van der Waals surface area contributed by atoms with Crippen molar-refractivity contribution in [3.05, 3.63) is 65.7 Å². The van der Waals surface area contributed by atoms with Gasteiger partial charge in [0.2, 0.25) is 11.8 Å². The average Bonchev–Trinajstić information content (AvgIpc) is 2.67. The number of hydrogen-bond donors (Lipinski definition) is 1. The molecule has 0 saturated carbocycles. The van der Waals surface area contributed by atoms with Gasteiger partial charge in [0.05, 0.1) is 7.11 Å². The van der Waals surface area contributed by atoms with Gasteiger partial charge in [0, 0.05) is 20.0 Å². The predicted octanol–water partition coefficient (Wildman–Crippen LogP) is 3.31. The van der Waals surface area contributed by atoms with Crippen molar-refractivity contribution < 1.29 is 14.3 Å². The number of carbonyl (C=O) groups excluding carboxylic acids is 2. The Bertz CT molecular complexity index is 714. The molecule has 2 aromatic carbocycles. The molecule has 1 N–H and O–H groups in total. The number of amides is 2. The van der Waals surface area contributed by atoms with Gasteiger partial charge in [0.15, 0.2) is 0 Å². The third-order valence-corrected chi connectivity index (χ3v) is 4.14. The topological polar surface area (TPSA) is 58.6 Å². The third-order valence-electron chi connectivity index (χ3n) is 4.14. The molecular weight excluding hydrogens is 328 g/mol. The third kappa shape index (κ3) is 5.09. The molecule has 2 amide bonds. The number of rotatable bonds is 8. The second-order valence-corrected chi connectivity index (χ2v) is 6.10. The maximum Gasteiger partial charge on any atom is 0.247 e. The highest BCUT2D eigenvalue weighted by Gasteiger charge is 2.29. The zero-order valence-electron chi connectivity index (χ0n) is 15.6. The fourth-order valence-electron chi connectivity index (χ4n) is 2.77. The summed E-state index contributed by atoms with van der Waals surface area (Å²) in [6.07, 6.45) is 0.839. The molecule has 0 fully saturated rings.